The number of fused-ring (bicyclic) bond motifs is 1. The van der Waals surface area contributed by atoms with Crippen LogP contribution in [-0.2, 0) is 6.54 Å². The standard InChI is InChI=1S/C17H14N4S/c18-11-16-20-14-6-1-2-7-15(14)21(16)13-5-3-4-12(10-13)17-19-8-9-22-17/h1-10H,11,18H2. The zero-order chi connectivity index (χ0) is 14.9. The number of imidazole rings is 1. The van der Waals surface area contributed by atoms with Crippen LogP contribution in [0.4, 0.5) is 0 Å². The van der Waals surface area contributed by atoms with Crippen molar-refractivity contribution in [2.75, 3.05) is 0 Å². The summed E-state index contributed by atoms with van der Waals surface area (Å²) in [7, 11) is 0. The van der Waals surface area contributed by atoms with Crippen LogP contribution in [0.15, 0.2) is 60.1 Å². The van der Waals surface area contributed by atoms with Crippen LogP contribution in [0, 0.1) is 0 Å². The molecule has 0 saturated carbocycles. The molecular weight excluding hydrogens is 292 g/mol. The fraction of sp³-hybridized carbons (Fsp3) is 0.0588. The Morgan fingerprint density at radius 3 is 2.82 bits per heavy atom. The first-order valence-electron chi connectivity index (χ1n) is 7.03. The number of nitrogens with zero attached hydrogens (tertiary/aromatic N) is 3. The minimum atomic E-state index is 0.399. The van der Waals surface area contributed by atoms with Gasteiger partial charge in [-0.15, -0.1) is 11.3 Å². The van der Waals surface area contributed by atoms with Gasteiger partial charge in [0.2, 0.25) is 0 Å². The molecule has 0 atom stereocenters. The molecule has 0 bridgehead atoms. The molecule has 0 aliphatic rings. The van der Waals surface area contributed by atoms with E-state index in [1.54, 1.807) is 11.3 Å². The molecule has 0 aliphatic carbocycles. The molecule has 2 aromatic carbocycles. The molecule has 0 aliphatic heterocycles. The average Bonchev–Trinajstić information content (AvgIpc) is 3.22. The molecule has 5 heteroatoms. The molecule has 4 aromatic rings. The first-order chi connectivity index (χ1) is 10.9. The van der Waals surface area contributed by atoms with Gasteiger partial charge in [0, 0.05) is 22.8 Å². The lowest BCUT2D eigenvalue weighted by molar-refractivity contribution is 0.882. The van der Waals surface area contributed by atoms with Gasteiger partial charge in [0.05, 0.1) is 17.6 Å². The van der Waals surface area contributed by atoms with E-state index in [-0.39, 0.29) is 0 Å². The van der Waals surface area contributed by atoms with Gasteiger partial charge in [-0.2, -0.15) is 0 Å². The van der Waals surface area contributed by atoms with Crippen molar-refractivity contribution in [3.63, 3.8) is 0 Å². The third kappa shape index (κ3) is 2.11. The topological polar surface area (TPSA) is 56.7 Å². The van der Waals surface area contributed by atoms with Crippen LogP contribution in [0.3, 0.4) is 0 Å². The van der Waals surface area contributed by atoms with Crippen LogP contribution in [0.1, 0.15) is 5.82 Å². The second-order valence-electron chi connectivity index (χ2n) is 4.94. The Balaban J connectivity index is 1.94. The first-order valence-corrected chi connectivity index (χ1v) is 7.91. The second-order valence-corrected chi connectivity index (χ2v) is 5.84. The maximum Gasteiger partial charge on any atom is 0.128 e. The summed E-state index contributed by atoms with van der Waals surface area (Å²) in [4.78, 5) is 9.01. The van der Waals surface area contributed by atoms with E-state index < -0.39 is 0 Å². The van der Waals surface area contributed by atoms with E-state index in [9.17, 15) is 0 Å². The molecule has 0 unspecified atom stereocenters. The average molecular weight is 306 g/mol. The van der Waals surface area contributed by atoms with E-state index in [1.165, 1.54) is 0 Å². The molecule has 2 N–H and O–H groups in total. The number of aromatic nitrogens is 3. The van der Waals surface area contributed by atoms with Gasteiger partial charge in [-0.3, -0.25) is 4.57 Å². The summed E-state index contributed by atoms with van der Waals surface area (Å²) in [5.41, 5.74) is 10.1. The minimum Gasteiger partial charge on any atom is -0.324 e. The van der Waals surface area contributed by atoms with Crippen molar-refractivity contribution in [3.8, 4) is 16.3 Å². The second kappa shape index (κ2) is 5.36. The van der Waals surface area contributed by atoms with Gasteiger partial charge in [-0.1, -0.05) is 24.3 Å². The van der Waals surface area contributed by atoms with Crippen molar-refractivity contribution < 1.29 is 0 Å². The van der Waals surface area contributed by atoms with Gasteiger partial charge < -0.3 is 5.73 Å². The molecular formula is C17H14N4S. The molecule has 2 aromatic heterocycles. The van der Waals surface area contributed by atoms with E-state index >= 15 is 0 Å². The van der Waals surface area contributed by atoms with Crippen molar-refractivity contribution in [3.05, 3.63) is 65.9 Å². The third-order valence-corrected chi connectivity index (χ3v) is 4.42. The maximum atomic E-state index is 5.89. The lowest BCUT2D eigenvalue weighted by Gasteiger charge is -2.09. The monoisotopic (exact) mass is 306 g/mol. The van der Waals surface area contributed by atoms with Gasteiger partial charge in [-0.05, 0) is 24.3 Å². The van der Waals surface area contributed by atoms with Gasteiger partial charge >= 0.3 is 0 Å². The highest BCUT2D eigenvalue weighted by molar-refractivity contribution is 7.13. The van der Waals surface area contributed by atoms with Gasteiger partial charge in [-0.25, -0.2) is 9.97 Å². The Hall–Kier alpha value is -2.50. The molecule has 0 spiro atoms. The number of para-hydroxylation sites is 2. The molecule has 0 radical (unpaired) electrons. The van der Waals surface area contributed by atoms with Gasteiger partial charge in [0.15, 0.2) is 0 Å². The zero-order valence-electron chi connectivity index (χ0n) is 11.8. The van der Waals surface area contributed by atoms with Crippen LogP contribution < -0.4 is 5.73 Å². The molecule has 2 heterocycles. The molecule has 0 fully saturated rings. The lowest BCUT2D eigenvalue weighted by atomic mass is 10.2. The van der Waals surface area contributed by atoms with Gasteiger partial charge in [0.25, 0.3) is 0 Å². The SMILES string of the molecule is NCc1nc2ccccc2n1-c1cccc(-c2nccs2)c1. The van der Waals surface area contributed by atoms with Crippen LogP contribution in [0.25, 0.3) is 27.3 Å². The summed E-state index contributed by atoms with van der Waals surface area (Å²) >= 11 is 1.63. The number of hydrogen-bond donors (Lipinski definition) is 1. The Morgan fingerprint density at radius 1 is 1.09 bits per heavy atom. The molecule has 4 rings (SSSR count). The highest BCUT2D eigenvalue weighted by atomic mass is 32.1. The Morgan fingerprint density at radius 2 is 2.00 bits per heavy atom. The molecule has 108 valence electrons. The Bertz CT molecular complexity index is 925. The summed E-state index contributed by atoms with van der Waals surface area (Å²) in [5, 5.41) is 3.00. The normalized spacial score (nSPS) is 11.1. The molecule has 0 saturated heterocycles. The number of rotatable bonds is 3. The minimum absolute atomic E-state index is 0.399. The van der Waals surface area contributed by atoms with Gasteiger partial charge in [0.1, 0.15) is 10.8 Å². The highest BCUT2D eigenvalue weighted by Crippen LogP contribution is 2.27. The lowest BCUT2D eigenvalue weighted by Crippen LogP contribution is -2.06. The number of benzene rings is 2. The largest absolute Gasteiger partial charge is 0.324 e. The highest BCUT2D eigenvalue weighted by Gasteiger charge is 2.11. The fourth-order valence-corrected chi connectivity index (χ4v) is 3.28. The van der Waals surface area contributed by atoms with Crippen molar-refractivity contribution in [2.24, 2.45) is 5.73 Å². The summed E-state index contributed by atoms with van der Waals surface area (Å²) in [6, 6.07) is 16.4. The van der Waals surface area contributed by atoms with E-state index in [2.05, 4.69) is 38.8 Å². The predicted octanol–water partition coefficient (Wildman–Crippen LogP) is 3.61. The summed E-state index contributed by atoms with van der Waals surface area (Å²) in [6.07, 6.45) is 1.82. The smallest absolute Gasteiger partial charge is 0.128 e. The molecule has 22 heavy (non-hydrogen) atoms. The third-order valence-electron chi connectivity index (χ3n) is 3.60. The molecule has 0 amide bonds. The van der Waals surface area contributed by atoms with Crippen molar-refractivity contribution >= 4 is 22.4 Å². The van der Waals surface area contributed by atoms with Crippen molar-refractivity contribution in [1.82, 2.24) is 14.5 Å². The quantitative estimate of drug-likeness (QED) is 0.629. The summed E-state index contributed by atoms with van der Waals surface area (Å²) < 4.78 is 2.12. The predicted molar refractivity (Wildman–Crippen MR) is 90.1 cm³/mol. The Kier molecular flexibility index (Phi) is 3.21. The number of nitrogens with two attached hydrogens (primary N) is 1. The van der Waals surface area contributed by atoms with Crippen molar-refractivity contribution in [1.29, 1.82) is 0 Å². The number of thiazole rings is 1. The maximum absolute atomic E-state index is 5.89. The fourth-order valence-electron chi connectivity index (χ4n) is 2.64. The van der Waals surface area contributed by atoms with E-state index in [1.807, 2.05) is 35.8 Å². The zero-order valence-corrected chi connectivity index (χ0v) is 12.6. The van der Waals surface area contributed by atoms with Crippen LogP contribution in [0.5, 0.6) is 0 Å². The van der Waals surface area contributed by atoms with E-state index in [0.717, 1.165) is 33.1 Å². The van der Waals surface area contributed by atoms with Crippen molar-refractivity contribution in [2.45, 2.75) is 6.54 Å². The van der Waals surface area contributed by atoms with Crippen LogP contribution in [-0.4, -0.2) is 14.5 Å². The summed E-state index contributed by atoms with van der Waals surface area (Å²) in [6.45, 7) is 0.399. The van der Waals surface area contributed by atoms with Crippen LogP contribution >= 0.6 is 11.3 Å². The first kappa shape index (κ1) is 13.2. The summed E-state index contributed by atoms with van der Waals surface area (Å²) in [5.74, 6) is 0.859. The van der Waals surface area contributed by atoms with Crippen LogP contribution in [0.2, 0.25) is 0 Å². The van der Waals surface area contributed by atoms with E-state index in [4.69, 9.17) is 5.73 Å². The number of hydrogen-bond acceptors (Lipinski definition) is 4. The molecule has 4 nitrogen and oxygen atoms in total. The van der Waals surface area contributed by atoms with E-state index in [0.29, 0.717) is 6.54 Å². The Labute approximate surface area is 131 Å².